The van der Waals surface area contributed by atoms with E-state index >= 15 is 0 Å². The first-order valence-corrected chi connectivity index (χ1v) is 10.1. The van der Waals surface area contributed by atoms with E-state index in [1.807, 2.05) is 0 Å². The van der Waals surface area contributed by atoms with Crippen LogP contribution in [0.3, 0.4) is 0 Å². The fourth-order valence-corrected chi connectivity index (χ4v) is 3.09. The van der Waals surface area contributed by atoms with Crippen LogP contribution in [0.1, 0.15) is 71.1 Å². The van der Waals surface area contributed by atoms with Crippen LogP contribution in [0.25, 0.3) is 0 Å². The lowest BCUT2D eigenvalue weighted by Gasteiger charge is -2.37. The topological polar surface area (TPSA) is 79.2 Å². The molecule has 0 spiro atoms. The van der Waals surface area contributed by atoms with Gasteiger partial charge < -0.3 is 24.8 Å². The Labute approximate surface area is 153 Å². The molecule has 0 bridgehead atoms. The molecule has 0 aromatic heterocycles. The van der Waals surface area contributed by atoms with Gasteiger partial charge in [0.15, 0.2) is 0 Å². The molecular weight excluding hydrogens is 320 g/mol. The molecule has 0 aromatic carbocycles. The van der Waals surface area contributed by atoms with E-state index < -0.39 is 24.4 Å². The second-order valence-corrected chi connectivity index (χ2v) is 6.97. The lowest BCUT2D eigenvalue weighted by molar-refractivity contribution is -0.210. The molecular formula is C20H38O5. The molecule has 0 unspecified atom stereocenters. The highest BCUT2D eigenvalue weighted by Crippen LogP contribution is 2.19. The van der Waals surface area contributed by atoms with Crippen LogP contribution in [0.5, 0.6) is 0 Å². The van der Waals surface area contributed by atoms with E-state index in [1.54, 1.807) is 0 Å². The summed E-state index contributed by atoms with van der Waals surface area (Å²) >= 11 is 0. The average Bonchev–Trinajstić information content (AvgIpc) is 2.61. The maximum absolute atomic E-state index is 10.0. The van der Waals surface area contributed by atoms with Crippen molar-refractivity contribution in [2.45, 2.75) is 95.5 Å². The molecule has 4 atom stereocenters. The summed E-state index contributed by atoms with van der Waals surface area (Å²) in [6, 6.07) is 0. The molecule has 1 aliphatic heterocycles. The molecule has 0 aromatic rings. The first kappa shape index (κ1) is 22.6. The second-order valence-electron chi connectivity index (χ2n) is 6.97. The summed E-state index contributed by atoms with van der Waals surface area (Å²) in [5, 5.41) is 29.0. The van der Waals surface area contributed by atoms with Crippen LogP contribution in [0.4, 0.5) is 0 Å². The van der Waals surface area contributed by atoms with Gasteiger partial charge in [-0.2, -0.15) is 0 Å². The fourth-order valence-electron chi connectivity index (χ4n) is 3.09. The van der Waals surface area contributed by atoms with Crippen molar-refractivity contribution in [3.05, 3.63) is 12.2 Å². The van der Waals surface area contributed by atoms with Crippen molar-refractivity contribution in [3.8, 4) is 0 Å². The zero-order valence-corrected chi connectivity index (χ0v) is 15.8. The Bertz CT molecular complexity index is 334. The zero-order chi connectivity index (χ0) is 18.3. The van der Waals surface area contributed by atoms with E-state index in [2.05, 4.69) is 19.1 Å². The Morgan fingerprint density at radius 1 is 0.960 bits per heavy atom. The Hall–Kier alpha value is -0.460. The number of hydrogen-bond donors (Lipinski definition) is 3. The third kappa shape index (κ3) is 9.71. The van der Waals surface area contributed by atoms with Gasteiger partial charge in [0.2, 0.25) is 0 Å². The third-order valence-electron chi connectivity index (χ3n) is 4.72. The molecule has 3 N–H and O–H groups in total. The molecule has 0 saturated carbocycles. The van der Waals surface area contributed by atoms with E-state index in [9.17, 15) is 10.2 Å². The van der Waals surface area contributed by atoms with Crippen molar-refractivity contribution in [2.24, 2.45) is 0 Å². The van der Waals surface area contributed by atoms with Crippen LogP contribution in [-0.4, -0.2) is 59.6 Å². The standard InChI is InChI=1S/C20H38O5/c1-2-3-4-5-6-7-8-9-10-11-12-13-14-24-20-17(22)16-25-18(15-21)19(20)23/h8-9,17-23H,2-7,10-16H2,1H3/b9-8+/t17-,18+,19+,20+/m0/s1. The quantitative estimate of drug-likeness (QED) is 0.329. The summed E-state index contributed by atoms with van der Waals surface area (Å²) in [4.78, 5) is 0. The molecule has 5 heteroatoms. The summed E-state index contributed by atoms with van der Waals surface area (Å²) < 4.78 is 10.8. The molecule has 1 saturated heterocycles. The number of aliphatic hydroxyl groups excluding tert-OH is 3. The van der Waals surface area contributed by atoms with E-state index in [0.29, 0.717) is 6.61 Å². The van der Waals surface area contributed by atoms with Crippen molar-refractivity contribution in [3.63, 3.8) is 0 Å². The zero-order valence-electron chi connectivity index (χ0n) is 15.8. The van der Waals surface area contributed by atoms with E-state index in [1.165, 1.54) is 38.5 Å². The molecule has 0 amide bonds. The van der Waals surface area contributed by atoms with Crippen molar-refractivity contribution < 1.29 is 24.8 Å². The molecule has 148 valence electrons. The van der Waals surface area contributed by atoms with Crippen molar-refractivity contribution in [1.29, 1.82) is 0 Å². The van der Waals surface area contributed by atoms with Crippen molar-refractivity contribution >= 4 is 0 Å². The summed E-state index contributed by atoms with van der Waals surface area (Å²) in [5.41, 5.74) is 0. The minimum atomic E-state index is -0.978. The third-order valence-corrected chi connectivity index (χ3v) is 4.72. The van der Waals surface area contributed by atoms with Crippen LogP contribution in [0.15, 0.2) is 12.2 Å². The number of ether oxygens (including phenoxy) is 2. The van der Waals surface area contributed by atoms with Gasteiger partial charge in [0, 0.05) is 6.61 Å². The molecule has 25 heavy (non-hydrogen) atoms. The second kappa shape index (κ2) is 14.7. The minimum absolute atomic E-state index is 0.0934. The van der Waals surface area contributed by atoms with Crippen LogP contribution in [0, 0.1) is 0 Å². The average molecular weight is 359 g/mol. The monoisotopic (exact) mass is 358 g/mol. The van der Waals surface area contributed by atoms with Gasteiger partial charge in [0.25, 0.3) is 0 Å². The van der Waals surface area contributed by atoms with Gasteiger partial charge in [-0.15, -0.1) is 0 Å². The summed E-state index contributed by atoms with van der Waals surface area (Å²) in [7, 11) is 0. The first-order chi connectivity index (χ1) is 12.2. The normalized spacial score (nSPS) is 27.2. The molecule has 1 aliphatic rings. The predicted octanol–water partition coefficient (Wildman–Crippen LogP) is 2.96. The van der Waals surface area contributed by atoms with Crippen LogP contribution < -0.4 is 0 Å². The predicted molar refractivity (Wildman–Crippen MR) is 99.6 cm³/mol. The van der Waals surface area contributed by atoms with Crippen LogP contribution >= 0.6 is 0 Å². The van der Waals surface area contributed by atoms with Gasteiger partial charge in [0.05, 0.1) is 13.2 Å². The molecule has 0 radical (unpaired) electrons. The highest BCUT2D eigenvalue weighted by atomic mass is 16.6. The van der Waals surface area contributed by atoms with Gasteiger partial charge in [-0.25, -0.2) is 0 Å². The van der Waals surface area contributed by atoms with E-state index in [4.69, 9.17) is 14.6 Å². The molecule has 0 aliphatic carbocycles. The lowest BCUT2D eigenvalue weighted by Crippen LogP contribution is -2.55. The van der Waals surface area contributed by atoms with Crippen LogP contribution in [-0.2, 0) is 9.47 Å². The summed E-state index contributed by atoms with van der Waals surface area (Å²) in [6.07, 6.45) is 13.5. The summed E-state index contributed by atoms with van der Waals surface area (Å²) in [6.45, 7) is 2.58. The summed E-state index contributed by atoms with van der Waals surface area (Å²) in [5.74, 6) is 0. The smallest absolute Gasteiger partial charge is 0.114 e. The molecule has 1 fully saturated rings. The maximum atomic E-state index is 10.0. The number of rotatable bonds is 14. The Balaban J connectivity index is 1.97. The molecule has 1 rings (SSSR count). The van der Waals surface area contributed by atoms with E-state index in [-0.39, 0.29) is 13.2 Å². The van der Waals surface area contributed by atoms with Crippen LogP contribution in [0.2, 0.25) is 0 Å². The highest BCUT2D eigenvalue weighted by molar-refractivity contribution is 4.87. The Morgan fingerprint density at radius 2 is 1.60 bits per heavy atom. The SMILES string of the molecule is CCCCCCC/C=C/CCCCCO[C@H]1[C@H](O)[C@@H](CO)OC[C@@H]1O. The fraction of sp³-hybridized carbons (Fsp3) is 0.900. The number of allylic oxidation sites excluding steroid dienone is 2. The molecule has 5 nitrogen and oxygen atoms in total. The van der Waals surface area contributed by atoms with Gasteiger partial charge >= 0.3 is 0 Å². The highest BCUT2D eigenvalue weighted by Gasteiger charge is 2.38. The first-order valence-electron chi connectivity index (χ1n) is 10.1. The van der Waals surface area contributed by atoms with E-state index in [0.717, 1.165) is 25.7 Å². The maximum Gasteiger partial charge on any atom is 0.114 e. The number of aliphatic hydroxyl groups is 3. The Morgan fingerprint density at radius 3 is 2.24 bits per heavy atom. The number of hydrogen-bond acceptors (Lipinski definition) is 5. The van der Waals surface area contributed by atoms with Gasteiger partial charge in [-0.1, -0.05) is 51.2 Å². The molecule has 1 heterocycles. The Kier molecular flexibility index (Phi) is 13.3. The van der Waals surface area contributed by atoms with Gasteiger partial charge in [0.1, 0.15) is 24.4 Å². The van der Waals surface area contributed by atoms with Crippen molar-refractivity contribution in [2.75, 3.05) is 19.8 Å². The lowest BCUT2D eigenvalue weighted by atomic mass is 10.0. The minimum Gasteiger partial charge on any atom is -0.394 e. The van der Waals surface area contributed by atoms with Crippen molar-refractivity contribution in [1.82, 2.24) is 0 Å². The largest absolute Gasteiger partial charge is 0.394 e. The number of unbranched alkanes of at least 4 members (excludes halogenated alkanes) is 8. The van der Waals surface area contributed by atoms with Gasteiger partial charge in [-0.05, 0) is 32.1 Å². The van der Waals surface area contributed by atoms with Gasteiger partial charge in [-0.3, -0.25) is 0 Å².